The number of benzene rings is 2. The summed E-state index contributed by atoms with van der Waals surface area (Å²) in [7, 11) is 1.78. The molecule has 0 aromatic heterocycles. The number of aryl methyl sites for hydroxylation is 1. The highest BCUT2D eigenvalue weighted by Gasteiger charge is 2.06. The molecule has 0 unspecified atom stereocenters. The summed E-state index contributed by atoms with van der Waals surface area (Å²) in [5.74, 6) is 0. The smallest absolute Gasteiger partial charge is 0.321 e. The summed E-state index contributed by atoms with van der Waals surface area (Å²) in [4.78, 5) is 13.6. The van der Waals surface area contributed by atoms with Crippen LogP contribution in [0.1, 0.15) is 16.7 Å². The molecular weight excluding hydrogens is 260 g/mol. The van der Waals surface area contributed by atoms with Crippen molar-refractivity contribution in [2.24, 2.45) is 0 Å². The first-order valence-electron chi connectivity index (χ1n) is 6.94. The summed E-state index contributed by atoms with van der Waals surface area (Å²) >= 11 is 0. The molecule has 0 aliphatic rings. The van der Waals surface area contributed by atoms with Crippen LogP contribution in [0.3, 0.4) is 0 Å². The third kappa shape index (κ3) is 4.80. The lowest BCUT2D eigenvalue weighted by molar-refractivity contribution is 0.211. The Kier molecular flexibility index (Phi) is 5.16. The van der Waals surface area contributed by atoms with Crippen molar-refractivity contribution in [3.63, 3.8) is 0 Å². The van der Waals surface area contributed by atoms with E-state index in [1.165, 1.54) is 5.56 Å². The van der Waals surface area contributed by atoms with Crippen molar-refractivity contribution in [2.75, 3.05) is 7.05 Å². The number of rotatable bonds is 4. The standard InChI is InChI=1S/C18H20N2O/c1-15-8-10-16(11-9-15)12-13-19-18(21)20(2)14-17-6-4-3-5-7-17/h3-13H,14H2,1-2H3,(H,19,21)/b13-12+. The molecule has 2 aromatic carbocycles. The van der Waals surface area contributed by atoms with Gasteiger partial charge in [0.15, 0.2) is 0 Å². The fraction of sp³-hybridized carbons (Fsp3) is 0.167. The van der Waals surface area contributed by atoms with E-state index in [2.05, 4.69) is 5.32 Å². The molecule has 0 heterocycles. The van der Waals surface area contributed by atoms with Gasteiger partial charge in [-0.15, -0.1) is 0 Å². The highest BCUT2D eigenvalue weighted by atomic mass is 16.2. The van der Waals surface area contributed by atoms with Gasteiger partial charge in [-0.2, -0.15) is 0 Å². The van der Waals surface area contributed by atoms with Crippen molar-refractivity contribution >= 4 is 12.1 Å². The average Bonchev–Trinajstić information content (AvgIpc) is 2.50. The number of urea groups is 1. The van der Waals surface area contributed by atoms with Gasteiger partial charge in [0.05, 0.1) is 0 Å². The average molecular weight is 280 g/mol. The zero-order valence-corrected chi connectivity index (χ0v) is 12.4. The molecule has 2 rings (SSSR count). The van der Waals surface area contributed by atoms with Gasteiger partial charge in [0, 0.05) is 19.8 Å². The van der Waals surface area contributed by atoms with Gasteiger partial charge in [-0.3, -0.25) is 0 Å². The summed E-state index contributed by atoms with van der Waals surface area (Å²) < 4.78 is 0. The third-order valence-corrected chi connectivity index (χ3v) is 3.17. The second-order valence-corrected chi connectivity index (χ2v) is 5.04. The van der Waals surface area contributed by atoms with E-state index in [9.17, 15) is 4.79 Å². The number of hydrogen-bond acceptors (Lipinski definition) is 1. The normalized spacial score (nSPS) is 10.6. The summed E-state index contributed by atoms with van der Waals surface area (Å²) in [6.45, 7) is 2.64. The molecule has 0 atom stereocenters. The Labute approximate surface area is 125 Å². The van der Waals surface area contributed by atoms with Crippen LogP contribution in [0.25, 0.3) is 6.08 Å². The second-order valence-electron chi connectivity index (χ2n) is 5.04. The lowest BCUT2D eigenvalue weighted by Gasteiger charge is -2.16. The van der Waals surface area contributed by atoms with Crippen LogP contribution >= 0.6 is 0 Å². The number of nitrogens with zero attached hydrogens (tertiary/aromatic N) is 1. The summed E-state index contributed by atoms with van der Waals surface area (Å²) in [6.07, 6.45) is 3.56. The van der Waals surface area contributed by atoms with E-state index in [1.54, 1.807) is 18.1 Å². The zero-order valence-electron chi connectivity index (χ0n) is 12.4. The quantitative estimate of drug-likeness (QED) is 0.907. The molecule has 108 valence electrons. The SMILES string of the molecule is Cc1ccc(/C=C/NC(=O)N(C)Cc2ccccc2)cc1. The van der Waals surface area contributed by atoms with Crippen molar-refractivity contribution in [2.45, 2.75) is 13.5 Å². The van der Waals surface area contributed by atoms with Crippen LogP contribution in [0.4, 0.5) is 4.79 Å². The van der Waals surface area contributed by atoms with Crippen molar-refractivity contribution in [1.29, 1.82) is 0 Å². The van der Waals surface area contributed by atoms with Gasteiger partial charge in [-0.05, 0) is 24.1 Å². The van der Waals surface area contributed by atoms with Crippen LogP contribution < -0.4 is 5.32 Å². The Morgan fingerprint density at radius 3 is 2.43 bits per heavy atom. The van der Waals surface area contributed by atoms with Gasteiger partial charge in [0.1, 0.15) is 0 Å². The predicted molar refractivity (Wildman–Crippen MR) is 86.7 cm³/mol. The molecular formula is C18H20N2O. The monoisotopic (exact) mass is 280 g/mol. The predicted octanol–water partition coefficient (Wildman–Crippen LogP) is 3.81. The fourth-order valence-electron chi connectivity index (χ4n) is 1.93. The van der Waals surface area contributed by atoms with Crippen molar-refractivity contribution < 1.29 is 4.79 Å². The maximum Gasteiger partial charge on any atom is 0.321 e. The van der Waals surface area contributed by atoms with Crippen LogP contribution in [0, 0.1) is 6.92 Å². The number of amides is 2. The molecule has 1 N–H and O–H groups in total. The Morgan fingerprint density at radius 1 is 1.10 bits per heavy atom. The Bertz CT molecular complexity index is 603. The molecule has 0 saturated heterocycles. The molecule has 0 saturated carbocycles. The highest BCUT2D eigenvalue weighted by molar-refractivity contribution is 5.75. The number of carbonyl (C=O) groups excluding carboxylic acids is 1. The molecule has 0 bridgehead atoms. The van der Waals surface area contributed by atoms with E-state index in [0.717, 1.165) is 11.1 Å². The van der Waals surface area contributed by atoms with Gasteiger partial charge >= 0.3 is 6.03 Å². The lowest BCUT2D eigenvalue weighted by Crippen LogP contribution is -2.33. The van der Waals surface area contributed by atoms with E-state index < -0.39 is 0 Å². The molecule has 2 aromatic rings. The fourth-order valence-corrected chi connectivity index (χ4v) is 1.93. The summed E-state index contributed by atoms with van der Waals surface area (Å²) in [6, 6.07) is 17.9. The molecule has 0 aliphatic heterocycles. The van der Waals surface area contributed by atoms with E-state index in [-0.39, 0.29) is 6.03 Å². The first kappa shape index (κ1) is 14.9. The van der Waals surface area contributed by atoms with Crippen LogP contribution in [0.15, 0.2) is 60.8 Å². The van der Waals surface area contributed by atoms with Gasteiger partial charge < -0.3 is 10.2 Å². The van der Waals surface area contributed by atoms with Gasteiger partial charge in [-0.1, -0.05) is 60.2 Å². The third-order valence-electron chi connectivity index (χ3n) is 3.17. The van der Waals surface area contributed by atoms with Crippen molar-refractivity contribution in [3.05, 3.63) is 77.5 Å². The van der Waals surface area contributed by atoms with Gasteiger partial charge in [-0.25, -0.2) is 4.79 Å². The Hall–Kier alpha value is -2.55. The molecule has 0 fully saturated rings. The maximum absolute atomic E-state index is 12.0. The van der Waals surface area contributed by atoms with Gasteiger partial charge in [0.2, 0.25) is 0 Å². The van der Waals surface area contributed by atoms with Crippen LogP contribution in [0.5, 0.6) is 0 Å². The van der Waals surface area contributed by atoms with Gasteiger partial charge in [0.25, 0.3) is 0 Å². The molecule has 3 nitrogen and oxygen atoms in total. The van der Waals surface area contributed by atoms with Crippen molar-refractivity contribution in [1.82, 2.24) is 10.2 Å². The largest absolute Gasteiger partial charge is 0.323 e. The Morgan fingerprint density at radius 2 is 1.76 bits per heavy atom. The molecule has 21 heavy (non-hydrogen) atoms. The number of hydrogen-bond donors (Lipinski definition) is 1. The molecule has 2 amide bonds. The highest BCUT2D eigenvalue weighted by Crippen LogP contribution is 2.05. The van der Waals surface area contributed by atoms with E-state index in [0.29, 0.717) is 6.54 Å². The molecule has 3 heteroatoms. The topological polar surface area (TPSA) is 32.3 Å². The number of carbonyl (C=O) groups is 1. The van der Waals surface area contributed by atoms with E-state index >= 15 is 0 Å². The first-order valence-corrected chi connectivity index (χ1v) is 6.94. The number of nitrogens with one attached hydrogen (secondary N) is 1. The Balaban J connectivity index is 1.85. The van der Waals surface area contributed by atoms with Crippen LogP contribution in [-0.2, 0) is 6.54 Å². The lowest BCUT2D eigenvalue weighted by atomic mass is 10.1. The summed E-state index contributed by atoms with van der Waals surface area (Å²) in [5, 5.41) is 2.77. The van der Waals surface area contributed by atoms with E-state index in [4.69, 9.17) is 0 Å². The summed E-state index contributed by atoms with van der Waals surface area (Å²) in [5.41, 5.74) is 3.39. The molecule has 0 radical (unpaired) electrons. The minimum absolute atomic E-state index is 0.123. The van der Waals surface area contributed by atoms with E-state index in [1.807, 2.05) is 67.6 Å². The molecule has 0 aliphatic carbocycles. The van der Waals surface area contributed by atoms with Crippen LogP contribution in [-0.4, -0.2) is 18.0 Å². The second kappa shape index (κ2) is 7.29. The first-order chi connectivity index (χ1) is 10.1. The van der Waals surface area contributed by atoms with Crippen molar-refractivity contribution in [3.8, 4) is 0 Å². The van der Waals surface area contributed by atoms with Crippen LogP contribution in [0.2, 0.25) is 0 Å². The maximum atomic E-state index is 12.0. The minimum atomic E-state index is -0.123. The molecule has 0 spiro atoms. The minimum Gasteiger partial charge on any atom is -0.323 e. The zero-order chi connectivity index (χ0) is 15.1.